The first-order valence-corrected chi connectivity index (χ1v) is 6.40. The Balaban J connectivity index is 2.18. The lowest BCUT2D eigenvalue weighted by atomic mass is 9.98. The molecule has 2 nitrogen and oxygen atoms in total. The topological polar surface area (TPSA) is 29.1 Å². The maximum atomic E-state index is 12.3. The number of aryl methyl sites for hydroxylation is 1. The smallest absolute Gasteiger partial charge is 0.326 e. The minimum Gasteiger partial charge on any atom is -0.326 e. The molecule has 98 valence electrons. The molecule has 1 N–H and O–H groups in total. The Morgan fingerprint density at radius 2 is 2.06 bits per heavy atom. The zero-order valence-corrected chi connectivity index (χ0v) is 10.9. The molecule has 6 heteroatoms. The molecule has 0 saturated carbocycles. The lowest BCUT2D eigenvalue weighted by Crippen LogP contribution is -2.19. The molecular weight excluding hydrogens is 311 g/mol. The SMILES string of the molecule is O=C1CCc2cc(C(Br)CC(F)(F)F)ccc2N1. The number of alkyl halides is 4. The van der Waals surface area contributed by atoms with E-state index >= 15 is 0 Å². The van der Waals surface area contributed by atoms with Crippen LogP contribution in [0.4, 0.5) is 18.9 Å². The highest BCUT2D eigenvalue weighted by molar-refractivity contribution is 9.09. The Morgan fingerprint density at radius 1 is 1.33 bits per heavy atom. The van der Waals surface area contributed by atoms with Gasteiger partial charge in [-0.25, -0.2) is 0 Å². The van der Waals surface area contributed by atoms with Crippen LogP contribution >= 0.6 is 15.9 Å². The third-order valence-electron chi connectivity index (χ3n) is 2.80. The van der Waals surface area contributed by atoms with E-state index in [0.29, 0.717) is 24.1 Å². The van der Waals surface area contributed by atoms with E-state index in [9.17, 15) is 18.0 Å². The number of hydrogen-bond donors (Lipinski definition) is 1. The van der Waals surface area contributed by atoms with Crippen molar-refractivity contribution in [2.24, 2.45) is 0 Å². The largest absolute Gasteiger partial charge is 0.390 e. The van der Waals surface area contributed by atoms with Crippen LogP contribution in [0.2, 0.25) is 0 Å². The molecule has 2 rings (SSSR count). The molecule has 0 bridgehead atoms. The molecule has 1 heterocycles. The summed E-state index contributed by atoms with van der Waals surface area (Å²) in [6.07, 6.45) is -4.15. The first kappa shape index (κ1) is 13.4. The van der Waals surface area contributed by atoms with Gasteiger partial charge >= 0.3 is 6.18 Å². The van der Waals surface area contributed by atoms with E-state index < -0.39 is 17.4 Å². The summed E-state index contributed by atoms with van der Waals surface area (Å²) in [6.45, 7) is 0. The van der Waals surface area contributed by atoms with E-state index in [2.05, 4.69) is 21.2 Å². The van der Waals surface area contributed by atoms with Crippen molar-refractivity contribution in [3.8, 4) is 0 Å². The van der Waals surface area contributed by atoms with Gasteiger partial charge in [-0.1, -0.05) is 28.1 Å². The monoisotopic (exact) mass is 321 g/mol. The van der Waals surface area contributed by atoms with E-state index in [-0.39, 0.29) is 5.91 Å². The van der Waals surface area contributed by atoms with Crippen LogP contribution in [0.15, 0.2) is 18.2 Å². The quantitative estimate of drug-likeness (QED) is 0.821. The van der Waals surface area contributed by atoms with Crippen molar-refractivity contribution in [3.63, 3.8) is 0 Å². The zero-order valence-electron chi connectivity index (χ0n) is 9.35. The van der Waals surface area contributed by atoms with Crippen LogP contribution in [0.3, 0.4) is 0 Å². The van der Waals surface area contributed by atoms with Crippen molar-refractivity contribution in [1.29, 1.82) is 0 Å². The number of fused-ring (bicyclic) bond motifs is 1. The van der Waals surface area contributed by atoms with Crippen LogP contribution in [-0.4, -0.2) is 12.1 Å². The predicted molar refractivity (Wildman–Crippen MR) is 65.7 cm³/mol. The van der Waals surface area contributed by atoms with Gasteiger partial charge in [-0.05, 0) is 23.6 Å². The van der Waals surface area contributed by atoms with Gasteiger partial charge in [-0.3, -0.25) is 4.79 Å². The number of nitrogens with one attached hydrogen (secondary N) is 1. The number of benzene rings is 1. The number of anilines is 1. The van der Waals surface area contributed by atoms with Gasteiger partial charge in [0.25, 0.3) is 0 Å². The van der Waals surface area contributed by atoms with Crippen molar-refractivity contribution < 1.29 is 18.0 Å². The Labute approximate surface area is 111 Å². The lowest BCUT2D eigenvalue weighted by Gasteiger charge is -2.19. The fourth-order valence-corrected chi connectivity index (χ4v) is 2.57. The predicted octanol–water partition coefficient (Wildman–Crippen LogP) is 3.96. The zero-order chi connectivity index (χ0) is 13.3. The second kappa shape index (κ2) is 4.91. The van der Waals surface area contributed by atoms with Gasteiger partial charge in [0.1, 0.15) is 0 Å². The highest BCUT2D eigenvalue weighted by Gasteiger charge is 2.31. The van der Waals surface area contributed by atoms with Crippen molar-refractivity contribution >= 4 is 27.5 Å². The van der Waals surface area contributed by atoms with Crippen molar-refractivity contribution in [1.82, 2.24) is 0 Å². The van der Waals surface area contributed by atoms with Crippen LogP contribution in [-0.2, 0) is 11.2 Å². The summed E-state index contributed by atoms with van der Waals surface area (Å²) >= 11 is 3.05. The molecule has 0 radical (unpaired) electrons. The second-order valence-electron chi connectivity index (χ2n) is 4.25. The van der Waals surface area contributed by atoms with Crippen LogP contribution in [0, 0.1) is 0 Å². The first-order chi connectivity index (χ1) is 8.35. The third-order valence-corrected chi connectivity index (χ3v) is 3.65. The van der Waals surface area contributed by atoms with Crippen LogP contribution < -0.4 is 5.32 Å². The summed E-state index contributed by atoms with van der Waals surface area (Å²) in [6, 6.07) is 4.99. The van der Waals surface area contributed by atoms with Gasteiger partial charge in [-0.15, -0.1) is 0 Å². The fourth-order valence-electron chi connectivity index (χ4n) is 1.92. The summed E-state index contributed by atoms with van der Waals surface area (Å²) < 4.78 is 36.9. The molecule has 0 aliphatic carbocycles. The van der Waals surface area contributed by atoms with Crippen LogP contribution in [0.25, 0.3) is 0 Å². The van der Waals surface area contributed by atoms with Gasteiger partial charge in [0.15, 0.2) is 0 Å². The van der Waals surface area contributed by atoms with Crippen molar-refractivity contribution in [3.05, 3.63) is 29.3 Å². The van der Waals surface area contributed by atoms with E-state index in [1.807, 2.05) is 0 Å². The van der Waals surface area contributed by atoms with Crippen LogP contribution in [0.5, 0.6) is 0 Å². The number of amides is 1. The first-order valence-electron chi connectivity index (χ1n) is 5.48. The molecular formula is C12H11BrF3NO. The molecule has 1 amide bonds. The number of carbonyl (C=O) groups is 1. The van der Waals surface area contributed by atoms with Crippen molar-refractivity contribution in [2.75, 3.05) is 5.32 Å². The lowest BCUT2D eigenvalue weighted by molar-refractivity contribution is -0.134. The molecule has 1 unspecified atom stereocenters. The summed E-state index contributed by atoms with van der Waals surface area (Å²) in [5, 5.41) is 2.70. The second-order valence-corrected chi connectivity index (χ2v) is 5.36. The van der Waals surface area contributed by atoms with E-state index in [4.69, 9.17) is 0 Å². The standard InChI is InChI=1S/C12H11BrF3NO/c13-9(6-12(14,15)16)7-1-3-10-8(5-7)2-4-11(18)17-10/h1,3,5,9H,2,4,6H2,(H,17,18). The fraction of sp³-hybridized carbons (Fsp3) is 0.417. The summed E-state index contributed by atoms with van der Waals surface area (Å²) in [7, 11) is 0. The maximum Gasteiger partial charge on any atom is 0.390 e. The summed E-state index contributed by atoms with van der Waals surface area (Å²) in [4.78, 5) is 10.4. The minimum absolute atomic E-state index is 0.0547. The molecule has 0 fully saturated rings. The van der Waals surface area contributed by atoms with Gasteiger partial charge < -0.3 is 5.32 Å². The number of carbonyl (C=O) groups excluding carboxylic acids is 1. The number of hydrogen-bond acceptors (Lipinski definition) is 1. The van der Waals surface area contributed by atoms with E-state index in [1.165, 1.54) is 0 Å². The molecule has 0 aromatic heterocycles. The molecule has 0 saturated heterocycles. The Morgan fingerprint density at radius 3 is 2.72 bits per heavy atom. The average molecular weight is 322 g/mol. The average Bonchev–Trinajstić information content (AvgIpc) is 2.26. The van der Waals surface area contributed by atoms with Gasteiger partial charge in [-0.2, -0.15) is 13.2 Å². The Bertz CT molecular complexity index is 473. The number of rotatable bonds is 2. The highest BCUT2D eigenvalue weighted by atomic mass is 79.9. The van der Waals surface area contributed by atoms with E-state index in [1.54, 1.807) is 18.2 Å². The van der Waals surface area contributed by atoms with Crippen molar-refractivity contribution in [2.45, 2.75) is 30.3 Å². The normalized spacial score (nSPS) is 17.0. The number of halogens is 4. The molecule has 18 heavy (non-hydrogen) atoms. The third kappa shape index (κ3) is 3.25. The molecule has 1 atom stereocenters. The summed E-state index contributed by atoms with van der Waals surface area (Å²) in [5.41, 5.74) is 2.17. The molecule has 1 aromatic rings. The van der Waals surface area contributed by atoms with Crippen LogP contribution in [0.1, 0.15) is 28.8 Å². The van der Waals surface area contributed by atoms with Gasteiger partial charge in [0.05, 0.1) is 6.42 Å². The van der Waals surface area contributed by atoms with Gasteiger partial charge in [0.2, 0.25) is 5.91 Å². The molecule has 1 aliphatic rings. The Hall–Kier alpha value is -1.04. The summed E-state index contributed by atoms with van der Waals surface area (Å²) in [5.74, 6) is -0.0547. The highest BCUT2D eigenvalue weighted by Crippen LogP contribution is 2.37. The molecule has 1 aliphatic heterocycles. The minimum atomic E-state index is -4.20. The van der Waals surface area contributed by atoms with Gasteiger partial charge in [0, 0.05) is 16.9 Å². The Kier molecular flexibility index (Phi) is 3.66. The van der Waals surface area contributed by atoms with E-state index in [0.717, 1.165) is 5.56 Å². The molecule has 0 spiro atoms. The maximum absolute atomic E-state index is 12.3. The molecule has 1 aromatic carbocycles.